The summed E-state index contributed by atoms with van der Waals surface area (Å²) in [6.07, 6.45) is 6.36. The Labute approximate surface area is 113 Å². The van der Waals surface area contributed by atoms with Crippen molar-refractivity contribution in [2.45, 2.75) is 46.1 Å². The van der Waals surface area contributed by atoms with Crippen LogP contribution >= 0.6 is 0 Å². The summed E-state index contributed by atoms with van der Waals surface area (Å²) >= 11 is 0. The van der Waals surface area contributed by atoms with Gasteiger partial charge in [0.15, 0.2) is 5.78 Å². The fourth-order valence-corrected chi connectivity index (χ4v) is 2.98. The SMILES string of the molecule is Cc1cc2ncn(CC(=O)C3CCCC3)c2cc1C. The van der Waals surface area contributed by atoms with E-state index in [1.807, 2.05) is 4.57 Å². The lowest BCUT2D eigenvalue weighted by Crippen LogP contribution is -2.17. The number of hydrogen-bond donors (Lipinski definition) is 0. The summed E-state index contributed by atoms with van der Waals surface area (Å²) < 4.78 is 2.00. The molecule has 0 saturated heterocycles. The van der Waals surface area contributed by atoms with Crippen LogP contribution in [0.3, 0.4) is 0 Å². The zero-order valence-corrected chi connectivity index (χ0v) is 11.6. The van der Waals surface area contributed by atoms with Crippen LogP contribution in [0.5, 0.6) is 0 Å². The first-order valence-electron chi connectivity index (χ1n) is 7.10. The van der Waals surface area contributed by atoms with Crippen molar-refractivity contribution in [2.24, 2.45) is 5.92 Å². The highest BCUT2D eigenvalue weighted by molar-refractivity contribution is 5.84. The van der Waals surface area contributed by atoms with Crippen molar-refractivity contribution in [1.29, 1.82) is 0 Å². The molecule has 1 aromatic carbocycles. The molecule has 1 aliphatic carbocycles. The largest absolute Gasteiger partial charge is 0.323 e. The molecule has 0 atom stereocenters. The third kappa shape index (κ3) is 2.29. The first-order valence-corrected chi connectivity index (χ1v) is 7.10. The number of imidazole rings is 1. The summed E-state index contributed by atoms with van der Waals surface area (Å²) in [5.74, 6) is 0.652. The van der Waals surface area contributed by atoms with E-state index in [4.69, 9.17) is 0 Å². The third-order valence-corrected chi connectivity index (χ3v) is 4.37. The third-order valence-electron chi connectivity index (χ3n) is 4.37. The number of carbonyl (C=O) groups excluding carboxylic acids is 1. The standard InChI is InChI=1S/C16H20N2O/c1-11-7-14-15(8-12(11)2)18(10-17-14)9-16(19)13-5-3-4-6-13/h7-8,10,13H,3-6,9H2,1-2H3. The van der Waals surface area contributed by atoms with Crippen molar-refractivity contribution in [2.75, 3.05) is 0 Å². The average Bonchev–Trinajstić information content (AvgIpc) is 3.01. The van der Waals surface area contributed by atoms with Gasteiger partial charge in [-0.3, -0.25) is 4.79 Å². The van der Waals surface area contributed by atoms with Gasteiger partial charge in [0.05, 0.1) is 23.9 Å². The molecule has 0 radical (unpaired) electrons. The number of carbonyl (C=O) groups is 1. The van der Waals surface area contributed by atoms with E-state index in [1.54, 1.807) is 6.33 Å². The van der Waals surface area contributed by atoms with Crippen LogP contribution < -0.4 is 0 Å². The number of aryl methyl sites for hydroxylation is 2. The lowest BCUT2D eigenvalue weighted by atomic mass is 10.0. The van der Waals surface area contributed by atoms with Crippen molar-refractivity contribution in [3.05, 3.63) is 29.6 Å². The molecule has 0 spiro atoms. The van der Waals surface area contributed by atoms with Gasteiger partial charge in [0.1, 0.15) is 0 Å². The van der Waals surface area contributed by atoms with Crippen molar-refractivity contribution in [3.8, 4) is 0 Å². The Balaban J connectivity index is 1.88. The van der Waals surface area contributed by atoms with E-state index in [1.165, 1.54) is 24.0 Å². The summed E-state index contributed by atoms with van der Waals surface area (Å²) in [6, 6.07) is 4.24. The number of Topliss-reactive ketones (excluding diaryl/α,β-unsaturated/α-hetero) is 1. The van der Waals surface area contributed by atoms with E-state index in [0.717, 1.165) is 23.9 Å². The molecule has 1 aromatic heterocycles. The molecule has 0 amide bonds. The van der Waals surface area contributed by atoms with Crippen molar-refractivity contribution >= 4 is 16.8 Å². The van der Waals surface area contributed by atoms with E-state index >= 15 is 0 Å². The van der Waals surface area contributed by atoms with Crippen molar-refractivity contribution < 1.29 is 4.79 Å². The first-order chi connectivity index (χ1) is 9.15. The highest BCUT2D eigenvalue weighted by atomic mass is 16.1. The molecule has 0 N–H and O–H groups in total. The van der Waals surface area contributed by atoms with Crippen molar-refractivity contribution in [3.63, 3.8) is 0 Å². The second kappa shape index (κ2) is 4.80. The van der Waals surface area contributed by atoms with Crippen LogP contribution in [0.1, 0.15) is 36.8 Å². The fraction of sp³-hybridized carbons (Fsp3) is 0.500. The number of nitrogens with zero attached hydrogens (tertiary/aromatic N) is 2. The number of benzene rings is 1. The minimum atomic E-state index is 0.281. The van der Waals surface area contributed by atoms with Gasteiger partial charge in [0.25, 0.3) is 0 Å². The number of rotatable bonds is 3. The Kier molecular flexibility index (Phi) is 3.13. The van der Waals surface area contributed by atoms with E-state index in [-0.39, 0.29) is 5.92 Å². The van der Waals surface area contributed by atoms with Gasteiger partial charge in [0, 0.05) is 5.92 Å². The summed E-state index contributed by atoms with van der Waals surface area (Å²) in [5, 5.41) is 0. The van der Waals surface area contributed by atoms with Gasteiger partial charge in [-0.15, -0.1) is 0 Å². The molecule has 0 bridgehead atoms. The molecular formula is C16H20N2O. The minimum absolute atomic E-state index is 0.281. The smallest absolute Gasteiger partial charge is 0.155 e. The number of hydrogen-bond acceptors (Lipinski definition) is 2. The van der Waals surface area contributed by atoms with Crippen LogP contribution in [0.15, 0.2) is 18.5 Å². The van der Waals surface area contributed by atoms with E-state index in [9.17, 15) is 4.79 Å². The molecular weight excluding hydrogens is 236 g/mol. The predicted molar refractivity (Wildman–Crippen MR) is 76.2 cm³/mol. The zero-order valence-electron chi connectivity index (χ0n) is 11.6. The van der Waals surface area contributed by atoms with Gasteiger partial charge in [-0.05, 0) is 49.9 Å². The first kappa shape index (κ1) is 12.4. The Morgan fingerprint density at radius 2 is 1.95 bits per heavy atom. The highest BCUT2D eigenvalue weighted by Gasteiger charge is 2.23. The number of ketones is 1. The average molecular weight is 256 g/mol. The molecule has 3 nitrogen and oxygen atoms in total. The van der Waals surface area contributed by atoms with Crippen LogP contribution in [-0.2, 0) is 11.3 Å². The molecule has 1 fully saturated rings. The van der Waals surface area contributed by atoms with Gasteiger partial charge >= 0.3 is 0 Å². The molecule has 3 heteroatoms. The number of fused-ring (bicyclic) bond motifs is 1. The molecule has 0 aliphatic heterocycles. The van der Waals surface area contributed by atoms with Gasteiger partial charge in [-0.25, -0.2) is 4.98 Å². The van der Waals surface area contributed by atoms with Crippen LogP contribution in [0.25, 0.3) is 11.0 Å². The molecule has 1 aliphatic rings. The maximum atomic E-state index is 12.3. The quantitative estimate of drug-likeness (QED) is 0.843. The molecule has 19 heavy (non-hydrogen) atoms. The highest BCUT2D eigenvalue weighted by Crippen LogP contribution is 2.26. The monoisotopic (exact) mass is 256 g/mol. The van der Waals surface area contributed by atoms with Crippen LogP contribution in [0, 0.1) is 19.8 Å². The molecule has 0 unspecified atom stereocenters. The molecule has 3 rings (SSSR count). The Bertz CT molecular complexity index is 621. The summed E-state index contributed by atoms with van der Waals surface area (Å²) in [4.78, 5) is 16.7. The summed E-state index contributed by atoms with van der Waals surface area (Å²) in [6.45, 7) is 4.67. The van der Waals surface area contributed by atoms with Crippen LogP contribution in [0.2, 0.25) is 0 Å². The topological polar surface area (TPSA) is 34.9 Å². The second-order valence-corrected chi connectivity index (χ2v) is 5.75. The minimum Gasteiger partial charge on any atom is -0.323 e. The number of aromatic nitrogens is 2. The molecule has 2 aromatic rings. The van der Waals surface area contributed by atoms with E-state index in [0.29, 0.717) is 12.3 Å². The maximum absolute atomic E-state index is 12.3. The van der Waals surface area contributed by atoms with Gasteiger partial charge in [-0.1, -0.05) is 12.8 Å². The Hall–Kier alpha value is -1.64. The lowest BCUT2D eigenvalue weighted by Gasteiger charge is -2.09. The van der Waals surface area contributed by atoms with Gasteiger partial charge in [0.2, 0.25) is 0 Å². The maximum Gasteiger partial charge on any atom is 0.155 e. The van der Waals surface area contributed by atoms with Crippen LogP contribution in [0.4, 0.5) is 0 Å². The summed E-state index contributed by atoms with van der Waals surface area (Å²) in [5.41, 5.74) is 4.57. The van der Waals surface area contributed by atoms with Crippen LogP contribution in [-0.4, -0.2) is 15.3 Å². The van der Waals surface area contributed by atoms with Gasteiger partial charge in [-0.2, -0.15) is 0 Å². The van der Waals surface area contributed by atoms with E-state index < -0.39 is 0 Å². The molecule has 1 heterocycles. The predicted octanol–water partition coefficient (Wildman–Crippen LogP) is 3.41. The Morgan fingerprint density at radius 1 is 1.26 bits per heavy atom. The molecule has 100 valence electrons. The van der Waals surface area contributed by atoms with Gasteiger partial charge < -0.3 is 4.57 Å². The zero-order chi connectivity index (χ0) is 13.4. The summed E-state index contributed by atoms with van der Waals surface area (Å²) in [7, 11) is 0. The second-order valence-electron chi connectivity index (χ2n) is 5.75. The molecule has 1 saturated carbocycles. The fourth-order valence-electron chi connectivity index (χ4n) is 2.98. The lowest BCUT2D eigenvalue weighted by molar-refractivity contribution is -0.123. The van der Waals surface area contributed by atoms with E-state index in [2.05, 4.69) is 31.0 Å². The Morgan fingerprint density at radius 3 is 2.68 bits per heavy atom. The van der Waals surface area contributed by atoms with Crippen molar-refractivity contribution in [1.82, 2.24) is 9.55 Å². The normalized spacial score (nSPS) is 16.3.